The summed E-state index contributed by atoms with van der Waals surface area (Å²) in [5.41, 5.74) is 0.860. The van der Waals surface area contributed by atoms with Gasteiger partial charge in [-0.1, -0.05) is 12.6 Å². The number of hydrogen-bond acceptors (Lipinski definition) is 5. The lowest BCUT2D eigenvalue weighted by Gasteiger charge is -2.27. The van der Waals surface area contributed by atoms with Crippen molar-refractivity contribution in [3.63, 3.8) is 0 Å². The van der Waals surface area contributed by atoms with E-state index in [1.54, 1.807) is 10.9 Å². The highest BCUT2D eigenvalue weighted by atomic mass is 32.2. The monoisotopic (exact) mass is 433 g/mol. The maximum Gasteiger partial charge on any atom is 0.249 e. The summed E-state index contributed by atoms with van der Waals surface area (Å²) >= 11 is 1.42. The summed E-state index contributed by atoms with van der Waals surface area (Å²) in [6, 6.07) is 5.36. The third kappa shape index (κ3) is 4.59. The molecule has 6 nitrogen and oxygen atoms in total. The Hall–Kier alpha value is -1.64. The Kier molecular flexibility index (Phi) is 6.41. The standard InChI is InChI=1S/C21H27N3O3S2/c1-14(28-2)23-21(25)19(12-15-8-10-27-11-9-15)24-18-4-3-5-20(17(18)13-22-24)29(26)16-6-7-16/h3-5,13,15-16,19H,1,6-12H2,2H3,(H,23,25). The molecule has 0 radical (unpaired) electrons. The maximum atomic E-state index is 13.1. The Balaban J connectivity index is 1.68. The van der Waals surface area contributed by atoms with Gasteiger partial charge in [-0.15, -0.1) is 11.8 Å². The summed E-state index contributed by atoms with van der Waals surface area (Å²) in [5.74, 6) is 0.305. The number of benzene rings is 1. The molecular weight excluding hydrogens is 406 g/mol. The highest BCUT2D eigenvalue weighted by Crippen LogP contribution is 2.35. The Morgan fingerprint density at radius 1 is 1.38 bits per heavy atom. The minimum absolute atomic E-state index is 0.102. The van der Waals surface area contributed by atoms with Gasteiger partial charge >= 0.3 is 0 Å². The van der Waals surface area contributed by atoms with Gasteiger partial charge in [-0.3, -0.25) is 13.7 Å². The van der Waals surface area contributed by atoms with Crippen LogP contribution in [0.1, 0.15) is 38.1 Å². The number of carbonyl (C=O) groups excluding carboxylic acids is 1. The maximum absolute atomic E-state index is 13.1. The zero-order valence-electron chi connectivity index (χ0n) is 16.6. The van der Waals surface area contributed by atoms with Gasteiger partial charge < -0.3 is 10.1 Å². The first-order valence-corrected chi connectivity index (χ1v) is 12.5. The first-order valence-electron chi connectivity index (χ1n) is 10.1. The van der Waals surface area contributed by atoms with Crippen LogP contribution >= 0.6 is 11.8 Å². The summed E-state index contributed by atoms with van der Waals surface area (Å²) in [7, 11) is -1.01. The zero-order valence-corrected chi connectivity index (χ0v) is 18.3. The second-order valence-corrected chi connectivity index (χ2v) is 10.3. The van der Waals surface area contributed by atoms with E-state index in [2.05, 4.69) is 17.0 Å². The van der Waals surface area contributed by atoms with Crippen LogP contribution in [0.3, 0.4) is 0 Å². The van der Waals surface area contributed by atoms with E-state index in [4.69, 9.17) is 4.74 Å². The van der Waals surface area contributed by atoms with Crippen LogP contribution in [-0.4, -0.2) is 44.6 Å². The van der Waals surface area contributed by atoms with E-state index in [0.29, 0.717) is 17.4 Å². The average molecular weight is 434 g/mol. The van der Waals surface area contributed by atoms with Crippen molar-refractivity contribution in [2.75, 3.05) is 19.5 Å². The first kappa shape index (κ1) is 20.6. The summed E-state index contributed by atoms with van der Waals surface area (Å²) in [6.07, 6.45) is 8.28. The Morgan fingerprint density at radius 2 is 2.14 bits per heavy atom. The number of ether oxygens (including phenoxy) is 1. The van der Waals surface area contributed by atoms with Gasteiger partial charge in [-0.2, -0.15) is 5.10 Å². The summed E-state index contributed by atoms with van der Waals surface area (Å²) in [5, 5.41) is 9.27. The van der Waals surface area contributed by atoms with Crippen LogP contribution in [0, 0.1) is 5.92 Å². The molecule has 1 aromatic heterocycles. The number of nitrogens with one attached hydrogen (secondary N) is 1. The number of thioether (sulfide) groups is 1. The zero-order chi connectivity index (χ0) is 20.4. The predicted molar refractivity (Wildman–Crippen MR) is 117 cm³/mol. The quantitative estimate of drug-likeness (QED) is 0.688. The summed E-state index contributed by atoms with van der Waals surface area (Å²) < 4.78 is 20.1. The van der Waals surface area contributed by atoms with E-state index in [9.17, 15) is 9.00 Å². The molecule has 0 spiro atoms. The molecule has 156 valence electrons. The second-order valence-electron chi connectivity index (χ2n) is 7.70. The van der Waals surface area contributed by atoms with Crippen molar-refractivity contribution in [3.8, 4) is 0 Å². The molecule has 1 saturated heterocycles. The SMILES string of the molecule is C=C(NC(=O)C(CC1CCOCC1)n1ncc2c(S(=O)C3CC3)cccc21)SC. The lowest BCUT2D eigenvalue weighted by Crippen LogP contribution is -2.34. The Morgan fingerprint density at radius 3 is 2.83 bits per heavy atom. The average Bonchev–Trinajstić information content (AvgIpc) is 3.51. The Labute approximate surface area is 177 Å². The van der Waals surface area contributed by atoms with Crippen LogP contribution in [0.5, 0.6) is 0 Å². The number of amides is 1. The highest BCUT2D eigenvalue weighted by Gasteiger charge is 2.32. The van der Waals surface area contributed by atoms with Gasteiger partial charge in [-0.05, 0) is 56.4 Å². The fraction of sp³-hybridized carbons (Fsp3) is 0.524. The van der Waals surface area contributed by atoms with Crippen LogP contribution < -0.4 is 5.32 Å². The van der Waals surface area contributed by atoms with E-state index in [1.807, 2.05) is 24.5 Å². The normalized spacial score (nSPS) is 19.8. The number of rotatable bonds is 8. The molecule has 0 bridgehead atoms. The molecule has 2 unspecified atom stereocenters. The lowest BCUT2D eigenvalue weighted by atomic mass is 9.92. The van der Waals surface area contributed by atoms with E-state index >= 15 is 0 Å². The third-order valence-corrected chi connectivity index (χ3v) is 8.11. The van der Waals surface area contributed by atoms with Crippen LogP contribution in [-0.2, 0) is 20.3 Å². The largest absolute Gasteiger partial charge is 0.381 e. The van der Waals surface area contributed by atoms with Crippen LogP contribution in [0.4, 0.5) is 0 Å². The number of aromatic nitrogens is 2. The van der Waals surface area contributed by atoms with Crippen molar-refractivity contribution >= 4 is 39.4 Å². The van der Waals surface area contributed by atoms with Gasteiger partial charge in [0.15, 0.2) is 0 Å². The molecule has 2 aliphatic rings. The van der Waals surface area contributed by atoms with E-state index in [-0.39, 0.29) is 11.2 Å². The van der Waals surface area contributed by atoms with Gasteiger partial charge in [0.25, 0.3) is 0 Å². The molecular formula is C21H27N3O3S2. The van der Waals surface area contributed by atoms with Crippen molar-refractivity contribution in [1.29, 1.82) is 0 Å². The minimum atomic E-state index is -1.01. The number of hydrogen-bond donors (Lipinski definition) is 1. The number of carbonyl (C=O) groups is 1. The van der Waals surface area contributed by atoms with Crippen molar-refractivity contribution in [1.82, 2.24) is 15.1 Å². The molecule has 1 aliphatic carbocycles. The third-order valence-electron chi connectivity index (χ3n) is 5.65. The molecule has 1 aromatic carbocycles. The smallest absolute Gasteiger partial charge is 0.249 e. The molecule has 2 heterocycles. The van der Waals surface area contributed by atoms with E-state index in [0.717, 1.165) is 54.7 Å². The van der Waals surface area contributed by atoms with Crippen molar-refractivity contribution < 1.29 is 13.7 Å². The van der Waals surface area contributed by atoms with E-state index in [1.165, 1.54) is 11.8 Å². The minimum Gasteiger partial charge on any atom is -0.381 e. The van der Waals surface area contributed by atoms with Crippen molar-refractivity contribution in [2.24, 2.45) is 5.92 Å². The predicted octanol–water partition coefficient (Wildman–Crippen LogP) is 3.61. The fourth-order valence-corrected chi connectivity index (χ4v) is 5.53. The molecule has 8 heteroatoms. The van der Waals surface area contributed by atoms with Gasteiger partial charge in [0, 0.05) is 23.8 Å². The van der Waals surface area contributed by atoms with Crippen LogP contribution in [0.2, 0.25) is 0 Å². The molecule has 29 heavy (non-hydrogen) atoms. The molecule has 2 fully saturated rings. The molecule has 1 aliphatic heterocycles. The van der Waals surface area contributed by atoms with Gasteiger partial charge in [0.2, 0.25) is 5.91 Å². The molecule has 1 N–H and O–H groups in total. The molecule has 4 rings (SSSR count). The van der Waals surface area contributed by atoms with Crippen molar-refractivity contribution in [2.45, 2.75) is 48.3 Å². The molecule has 2 atom stereocenters. The topological polar surface area (TPSA) is 73.2 Å². The van der Waals surface area contributed by atoms with Gasteiger partial charge in [0.1, 0.15) is 6.04 Å². The lowest BCUT2D eigenvalue weighted by molar-refractivity contribution is -0.124. The van der Waals surface area contributed by atoms with Gasteiger partial charge in [0.05, 0.1) is 32.4 Å². The van der Waals surface area contributed by atoms with Crippen LogP contribution in [0.25, 0.3) is 10.9 Å². The molecule has 1 amide bonds. The number of fused-ring (bicyclic) bond motifs is 1. The van der Waals surface area contributed by atoms with Crippen LogP contribution in [0.15, 0.2) is 40.9 Å². The molecule has 1 saturated carbocycles. The molecule has 2 aromatic rings. The number of nitrogens with zero attached hydrogens (tertiary/aromatic N) is 2. The second kappa shape index (κ2) is 9.02. The summed E-state index contributed by atoms with van der Waals surface area (Å²) in [4.78, 5) is 14.0. The van der Waals surface area contributed by atoms with Crippen molar-refractivity contribution in [3.05, 3.63) is 36.0 Å². The van der Waals surface area contributed by atoms with Gasteiger partial charge in [-0.25, -0.2) is 0 Å². The fourth-order valence-electron chi connectivity index (χ4n) is 3.82. The first-order chi connectivity index (χ1) is 14.1. The summed E-state index contributed by atoms with van der Waals surface area (Å²) in [6.45, 7) is 5.36. The van der Waals surface area contributed by atoms with E-state index < -0.39 is 16.8 Å². The Bertz CT molecular complexity index is 932. The highest BCUT2D eigenvalue weighted by molar-refractivity contribution is 8.02.